The number of nitrogens with one attached hydrogen (secondary N) is 2. The van der Waals surface area contributed by atoms with Crippen molar-refractivity contribution in [3.8, 4) is 0 Å². The van der Waals surface area contributed by atoms with E-state index in [1.165, 1.54) is 0 Å². The molecule has 1 aliphatic rings. The molecule has 1 atom stereocenters. The fraction of sp³-hybridized carbons (Fsp3) is 0.200. The summed E-state index contributed by atoms with van der Waals surface area (Å²) in [6, 6.07) is 16.7. The zero-order chi connectivity index (χ0) is 20.1. The van der Waals surface area contributed by atoms with Gasteiger partial charge >= 0.3 is 0 Å². The van der Waals surface area contributed by atoms with E-state index in [4.69, 9.17) is 11.6 Å². The number of hydrogen-bond donors (Lipinski definition) is 2. The van der Waals surface area contributed by atoms with E-state index < -0.39 is 27.7 Å². The zero-order valence-corrected chi connectivity index (χ0v) is 16.5. The minimum atomic E-state index is -3.16. The average Bonchev–Trinajstić information content (AvgIpc) is 3.04. The van der Waals surface area contributed by atoms with Crippen molar-refractivity contribution in [2.24, 2.45) is 0 Å². The molecule has 0 bridgehead atoms. The van der Waals surface area contributed by atoms with E-state index in [9.17, 15) is 18.0 Å². The molecule has 1 aliphatic heterocycles. The number of amides is 2. The smallest absolute Gasteiger partial charge is 0.269 e. The molecule has 0 unspecified atom stereocenters. The summed E-state index contributed by atoms with van der Waals surface area (Å²) in [6.45, 7) is 0. The highest BCUT2D eigenvalue weighted by Crippen LogP contribution is 2.23. The lowest BCUT2D eigenvalue weighted by atomic mass is 10.1. The van der Waals surface area contributed by atoms with Crippen molar-refractivity contribution in [2.75, 3.05) is 11.5 Å². The number of carbonyl (C=O) groups excluding carboxylic acids is 2. The molecule has 1 fully saturated rings. The van der Waals surface area contributed by atoms with Gasteiger partial charge in [0.05, 0.1) is 16.5 Å². The van der Waals surface area contributed by atoms with E-state index in [1.807, 2.05) is 0 Å². The molecule has 0 aromatic heterocycles. The largest absolute Gasteiger partial charge is 0.347 e. The van der Waals surface area contributed by atoms with Gasteiger partial charge in [-0.05, 0) is 24.1 Å². The second-order valence-electron chi connectivity index (χ2n) is 6.45. The Morgan fingerprint density at radius 1 is 0.929 bits per heavy atom. The van der Waals surface area contributed by atoms with Crippen LogP contribution in [0.25, 0.3) is 5.03 Å². The first-order chi connectivity index (χ1) is 13.4. The van der Waals surface area contributed by atoms with Crippen LogP contribution < -0.4 is 10.6 Å². The fourth-order valence-corrected chi connectivity index (χ4v) is 4.81. The predicted octanol–water partition coefficient (Wildman–Crippen LogP) is 2.33. The van der Waals surface area contributed by atoms with Crippen molar-refractivity contribution < 1.29 is 18.0 Å². The SMILES string of the molecule is O=C(N[C@H]1CCS(=O)(=O)C1)/C(NC(=O)c1ccccc1)=C(/Cl)c1ccccc1. The summed E-state index contributed by atoms with van der Waals surface area (Å²) in [6.07, 6.45) is 0.330. The lowest BCUT2D eigenvalue weighted by Crippen LogP contribution is -2.41. The van der Waals surface area contributed by atoms with Gasteiger partial charge in [0.25, 0.3) is 11.8 Å². The Labute approximate surface area is 168 Å². The minimum Gasteiger partial charge on any atom is -0.347 e. The summed E-state index contributed by atoms with van der Waals surface area (Å²) < 4.78 is 23.3. The van der Waals surface area contributed by atoms with Gasteiger partial charge in [-0.1, -0.05) is 60.1 Å². The molecule has 146 valence electrons. The van der Waals surface area contributed by atoms with Gasteiger partial charge in [-0.15, -0.1) is 0 Å². The second kappa shape index (κ2) is 8.58. The third kappa shape index (κ3) is 4.99. The quantitative estimate of drug-likeness (QED) is 0.729. The highest BCUT2D eigenvalue weighted by atomic mass is 35.5. The van der Waals surface area contributed by atoms with Crippen LogP contribution in [0.5, 0.6) is 0 Å². The zero-order valence-electron chi connectivity index (χ0n) is 14.9. The van der Waals surface area contributed by atoms with Gasteiger partial charge in [-0.2, -0.15) is 0 Å². The Morgan fingerprint density at radius 2 is 1.50 bits per heavy atom. The summed E-state index contributed by atoms with van der Waals surface area (Å²) in [7, 11) is -3.16. The van der Waals surface area contributed by atoms with E-state index in [0.717, 1.165) is 0 Å². The number of rotatable bonds is 5. The summed E-state index contributed by atoms with van der Waals surface area (Å²) in [5.41, 5.74) is 0.807. The van der Waals surface area contributed by atoms with Crippen LogP contribution in [0.3, 0.4) is 0 Å². The highest BCUT2D eigenvalue weighted by molar-refractivity contribution is 7.91. The topological polar surface area (TPSA) is 92.3 Å². The van der Waals surface area contributed by atoms with Crippen LogP contribution in [0.2, 0.25) is 0 Å². The van der Waals surface area contributed by atoms with Crippen LogP contribution in [0.1, 0.15) is 22.3 Å². The molecular weight excluding hydrogens is 400 g/mol. The van der Waals surface area contributed by atoms with E-state index in [-0.39, 0.29) is 22.2 Å². The molecule has 2 amide bonds. The predicted molar refractivity (Wildman–Crippen MR) is 108 cm³/mol. The van der Waals surface area contributed by atoms with Crippen molar-refractivity contribution in [3.63, 3.8) is 0 Å². The number of carbonyl (C=O) groups is 2. The van der Waals surface area contributed by atoms with Crippen LogP contribution in [0.15, 0.2) is 66.4 Å². The molecule has 2 aromatic rings. The molecule has 0 spiro atoms. The van der Waals surface area contributed by atoms with E-state index >= 15 is 0 Å². The van der Waals surface area contributed by atoms with Crippen LogP contribution in [-0.2, 0) is 14.6 Å². The molecule has 1 saturated heterocycles. The van der Waals surface area contributed by atoms with Gasteiger partial charge in [0.1, 0.15) is 5.70 Å². The first-order valence-corrected chi connectivity index (χ1v) is 10.9. The van der Waals surface area contributed by atoms with Gasteiger partial charge in [-0.3, -0.25) is 9.59 Å². The highest BCUT2D eigenvalue weighted by Gasteiger charge is 2.30. The Bertz CT molecular complexity index is 1010. The van der Waals surface area contributed by atoms with Crippen LogP contribution in [-0.4, -0.2) is 37.8 Å². The number of sulfone groups is 1. The van der Waals surface area contributed by atoms with Crippen LogP contribution >= 0.6 is 11.6 Å². The molecule has 1 heterocycles. The normalized spacial score (nSPS) is 18.8. The Morgan fingerprint density at radius 3 is 2.04 bits per heavy atom. The van der Waals surface area contributed by atoms with E-state index in [0.29, 0.717) is 17.5 Å². The maximum atomic E-state index is 12.8. The molecule has 2 aromatic carbocycles. The first-order valence-electron chi connectivity index (χ1n) is 8.68. The molecule has 6 nitrogen and oxygen atoms in total. The van der Waals surface area contributed by atoms with Gasteiger partial charge in [0.15, 0.2) is 9.84 Å². The van der Waals surface area contributed by atoms with Crippen molar-refractivity contribution in [1.82, 2.24) is 10.6 Å². The van der Waals surface area contributed by atoms with Crippen LogP contribution in [0.4, 0.5) is 0 Å². The maximum absolute atomic E-state index is 12.8. The van der Waals surface area contributed by atoms with Crippen molar-refractivity contribution in [3.05, 3.63) is 77.5 Å². The van der Waals surface area contributed by atoms with E-state index in [2.05, 4.69) is 10.6 Å². The average molecular weight is 419 g/mol. The number of benzene rings is 2. The minimum absolute atomic E-state index is 0.0276. The second-order valence-corrected chi connectivity index (χ2v) is 9.06. The van der Waals surface area contributed by atoms with Crippen LogP contribution in [0, 0.1) is 0 Å². The number of halogens is 1. The summed E-state index contributed by atoms with van der Waals surface area (Å²) >= 11 is 6.43. The molecule has 28 heavy (non-hydrogen) atoms. The third-order valence-corrected chi connectivity index (χ3v) is 6.49. The summed E-state index contributed by atoms with van der Waals surface area (Å²) in [5, 5.41) is 5.31. The number of hydrogen-bond acceptors (Lipinski definition) is 4. The molecule has 2 N–H and O–H groups in total. The molecule has 0 saturated carbocycles. The Hall–Kier alpha value is -2.64. The van der Waals surface area contributed by atoms with Crippen molar-refractivity contribution in [1.29, 1.82) is 0 Å². The Kier molecular flexibility index (Phi) is 6.16. The van der Waals surface area contributed by atoms with Gasteiger partial charge < -0.3 is 10.6 Å². The maximum Gasteiger partial charge on any atom is 0.269 e. The third-order valence-electron chi connectivity index (χ3n) is 4.32. The molecular formula is C20H19ClN2O4S. The van der Waals surface area contributed by atoms with Gasteiger partial charge in [0, 0.05) is 11.6 Å². The van der Waals surface area contributed by atoms with E-state index in [1.54, 1.807) is 60.7 Å². The fourth-order valence-electron chi connectivity index (χ4n) is 2.88. The lowest BCUT2D eigenvalue weighted by Gasteiger charge is -2.16. The molecule has 0 radical (unpaired) electrons. The molecule has 3 rings (SSSR count). The van der Waals surface area contributed by atoms with Crippen molar-refractivity contribution in [2.45, 2.75) is 12.5 Å². The Balaban J connectivity index is 1.88. The molecule has 8 heteroatoms. The lowest BCUT2D eigenvalue weighted by molar-refractivity contribution is -0.118. The standard InChI is InChI=1S/C20H19ClN2O4S/c21-17(14-7-3-1-4-8-14)18(23-19(24)15-9-5-2-6-10-15)20(25)22-16-11-12-28(26,27)13-16/h1-10,16H,11-13H2,(H,22,25)(H,23,24)/b18-17-/t16-/m0/s1. The monoisotopic (exact) mass is 418 g/mol. The van der Waals surface area contributed by atoms with Crippen molar-refractivity contribution >= 4 is 38.3 Å². The van der Waals surface area contributed by atoms with Gasteiger partial charge in [-0.25, -0.2) is 8.42 Å². The van der Waals surface area contributed by atoms with Gasteiger partial charge in [0.2, 0.25) is 0 Å². The molecule has 0 aliphatic carbocycles. The summed E-state index contributed by atoms with van der Waals surface area (Å²) in [4.78, 5) is 25.4. The summed E-state index contributed by atoms with van der Waals surface area (Å²) in [5.74, 6) is -1.21. The first kappa shape index (κ1) is 20.1.